The second kappa shape index (κ2) is 9.25. The van der Waals surface area contributed by atoms with Crippen molar-refractivity contribution in [3.8, 4) is 11.5 Å². The van der Waals surface area contributed by atoms with Gasteiger partial charge in [-0.25, -0.2) is 0 Å². The predicted molar refractivity (Wildman–Crippen MR) is 104 cm³/mol. The molecule has 140 valence electrons. The molecule has 0 aliphatic rings. The highest BCUT2D eigenvalue weighted by Gasteiger charge is 2.19. The van der Waals surface area contributed by atoms with Crippen LogP contribution in [-0.2, 0) is 4.79 Å². The quantitative estimate of drug-likeness (QED) is 0.790. The molecule has 1 N–H and O–H groups in total. The maximum absolute atomic E-state index is 12.2. The van der Waals surface area contributed by atoms with E-state index in [1.807, 2.05) is 70.4 Å². The first kappa shape index (κ1) is 19.8. The van der Waals surface area contributed by atoms with E-state index in [0.29, 0.717) is 6.54 Å². The normalized spacial score (nSPS) is 11.9. The summed E-state index contributed by atoms with van der Waals surface area (Å²) in [5, 5.41) is 2.96. The fraction of sp³-hybridized carbons (Fsp3) is 0.381. The summed E-state index contributed by atoms with van der Waals surface area (Å²) in [5.41, 5.74) is 3.16. The summed E-state index contributed by atoms with van der Waals surface area (Å²) in [6.45, 7) is 4.44. The third kappa shape index (κ3) is 5.23. The Balaban J connectivity index is 1.96. The molecule has 1 atom stereocenters. The Kier molecular flexibility index (Phi) is 7.04. The van der Waals surface area contributed by atoms with Crippen molar-refractivity contribution in [2.24, 2.45) is 0 Å². The summed E-state index contributed by atoms with van der Waals surface area (Å²) in [5.74, 6) is 1.41. The van der Waals surface area contributed by atoms with Crippen LogP contribution in [0.25, 0.3) is 0 Å². The summed E-state index contributed by atoms with van der Waals surface area (Å²) in [7, 11) is 5.62. The van der Waals surface area contributed by atoms with Crippen molar-refractivity contribution in [3.63, 3.8) is 0 Å². The number of nitrogens with one attached hydrogen (secondary N) is 1. The van der Waals surface area contributed by atoms with Crippen LogP contribution in [0.3, 0.4) is 0 Å². The van der Waals surface area contributed by atoms with Gasteiger partial charge >= 0.3 is 0 Å². The van der Waals surface area contributed by atoms with Gasteiger partial charge in [0.1, 0.15) is 11.5 Å². The van der Waals surface area contributed by atoms with Gasteiger partial charge in [-0.3, -0.25) is 4.79 Å². The van der Waals surface area contributed by atoms with Crippen molar-refractivity contribution >= 4 is 5.91 Å². The minimum absolute atomic E-state index is 0.00360. The highest BCUT2D eigenvalue weighted by Crippen LogP contribution is 2.27. The van der Waals surface area contributed by atoms with Crippen molar-refractivity contribution in [2.45, 2.75) is 19.9 Å². The lowest BCUT2D eigenvalue weighted by Crippen LogP contribution is -2.37. The molecule has 0 spiro atoms. The zero-order valence-electron chi connectivity index (χ0n) is 16.2. The molecule has 0 heterocycles. The number of ether oxygens (including phenoxy) is 2. The number of amides is 1. The lowest BCUT2D eigenvalue weighted by Gasteiger charge is -2.26. The highest BCUT2D eigenvalue weighted by atomic mass is 16.5. The third-order valence-electron chi connectivity index (χ3n) is 4.32. The van der Waals surface area contributed by atoms with E-state index in [0.717, 1.165) is 28.2 Å². The SMILES string of the molecule is COc1ccccc1C(CNC(=O)COc1cc(C)ccc1C)N(C)C. The van der Waals surface area contributed by atoms with Gasteiger partial charge in [0.15, 0.2) is 6.61 Å². The zero-order chi connectivity index (χ0) is 19.1. The van der Waals surface area contributed by atoms with Crippen LogP contribution in [0.2, 0.25) is 0 Å². The molecule has 0 aliphatic heterocycles. The van der Waals surface area contributed by atoms with Crippen LogP contribution < -0.4 is 14.8 Å². The lowest BCUT2D eigenvalue weighted by molar-refractivity contribution is -0.123. The Hall–Kier alpha value is -2.53. The van der Waals surface area contributed by atoms with Crippen molar-refractivity contribution < 1.29 is 14.3 Å². The van der Waals surface area contributed by atoms with Gasteiger partial charge in [-0.1, -0.05) is 30.3 Å². The molecule has 0 saturated carbocycles. The average Bonchev–Trinajstić information content (AvgIpc) is 2.62. The summed E-state index contributed by atoms with van der Waals surface area (Å²) < 4.78 is 11.1. The monoisotopic (exact) mass is 356 g/mol. The van der Waals surface area contributed by atoms with E-state index in [1.165, 1.54) is 0 Å². The maximum atomic E-state index is 12.2. The zero-order valence-corrected chi connectivity index (χ0v) is 16.2. The van der Waals surface area contributed by atoms with Gasteiger partial charge in [0.2, 0.25) is 0 Å². The lowest BCUT2D eigenvalue weighted by atomic mass is 10.0. The van der Waals surface area contributed by atoms with Gasteiger partial charge in [-0.05, 0) is 51.2 Å². The van der Waals surface area contributed by atoms with Crippen molar-refractivity contribution in [1.29, 1.82) is 0 Å². The minimum Gasteiger partial charge on any atom is -0.496 e. The Labute approximate surface area is 155 Å². The molecule has 2 aromatic carbocycles. The minimum atomic E-state index is -0.146. The Morgan fingerprint density at radius 1 is 1.12 bits per heavy atom. The molecule has 1 amide bonds. The summed E-state index contributed by atoms with van der Waals surface area (Å²) in [4.78, 5) is 14.3. The van der Waals surface area contributed by atoms with Gasteiger partial charge in [-0.2, -0.15) is 0 Å². The number of carbonyl (C=O) groups is 1. The third-order valence-corrected chi connectivity index (χ3v) is 4.32. The van der Waals surface area contributed by atoms with Crippen LogP contribution >= 0.6 is 0 Å². The summed E-state index contributed by atoms with van der Waals surface area (Å²) >= 11 is 0. The van der Waals surface area contributed by atoms with Gasteiger partial charge in [0.05, 0.1) is 13.2 Å². The van der Waals surface area contributed by atoms with E-state index < -0.39 is 0 Å². The Morgan fingerprint density at radius 3 is 2.54 bits per heavy atom. The molecule has 1 unspecified atom stereocenters. The van der Waals surface area contributed by atoms with Crippen LogP contribution in [0.1, 0.15) is 22.7 Å². The molecule has 5 heteroatoms. The van der Waals surface area contributed by atoms with Gasteiger partial charge < -0.3 is 19.7 Å². The first-order valence-corrected chi connectivity index (χ1v) is 8.68. The van der Waals surface area contributed by atoms with Gasteiger partial charge in [-0.15, -0.1) is 0 Å². The number of hydrogen-bond donors (Lipinski definition) is 1. The van der Waals surface area contributed by atoms with Crippen molar-refractivity contribution in [3.05, 3.63) is 59.2 Å². The molecule has 0 radical (unpaired) electrons. The van der Waals surface area contributed by atoms with E-state index >= 15 is 0 Å². The smallest absolute Gasteiger partial charge is 0.258 e. The molecule has 5 nitrogen and oxygen atoms in total. The first-order valence-electron chi connectivity index (χ1n) is 8.68. The van der Waals surface area contributed by atoms with Crippen LogP contribution in [-0.4, -0.2) is 45.2 Å². The fourth-order valence-corrected chi connectivity index (χ4v) is 2.78. The Bertz CT molecular complexity index is 744. The molecule has 2 aromatic rings. The molecule has 26 heavy (non-hydrogen) atoms. The number of benzene rings is 2. The van der Waals surface area contributed by atoms with Crippen LogP contribution in [0.4, 0.5) is 0 Å². The van der Waals surface area contributed by atoms with Crippen LogP contribution in [0.15, 0.2) is 42.5 Å². The van der Waals surface area contributed by atoms with E-state index in [4.69, 9.17) is 9.47 Å². The maximum Gasteiger partial charge on any atom is 0.258 e. The number of carbonyl (C=O) groups excluding carboxylic acids is 1. The largest absolute Gasteiger partial charge is 0.496 e. The van der Waals surface area contributed by atoms with Gasteiger partial charge in [0, 0.05) is 12.1 Å². The number of aryl methyl sites for hydroxylation is 2. The number of methoxy groups -OCH3 is 1. The van der Waals surface area contributed by atoms with Crippen LogP contribution in [0.5, 0.6) is 11.5 Å². The summed E-state index contributed by atoms with van der Waals surface area (Å²) in [6, 6.07) is 13.8. The van der Waals surface area contributed by atoms with Crippen LogP contribution in [0, 0.1) is 13.8 Å². The van der Waals surface area contributed by atoms with E-state index in [9.17, 15) is 4.79 Å². The molecule has 2 rings (SSSR count). The van der Waals surface area contributed by atoms with E-state index in [1.54, 1.807) is 7.11 Å². The van der Waals surface area contributed by atoms with Crippen molar-refractivity contribution in [2.75, 3.05) is 34.4 Å². The number of nitrogens with zero attached hydrogens (tertiary/aromatic N) is 1. The first-order chi connectivity index (χ1) is 12.4. The fourth-order valence-electron chi connectivity index (χ4n) is 2.78. The molecule has 0 saturated heterocycles. The number of hydrogen-bond acceptors (Lipinski definition) is 4. The predicted octanol–water partition coefficient (Wildman–Crippen LogP) is 3.11. The molecule has 0 aromatic heterocycles. The standard InChI is InChI=1S/C21H28N2O3/c1-15-10-11-16(2)20(12-15)26-14-21(24)22-13-18(23(3)4)17-8-6-7-9-19(17)25-5/h6-12,18H,13-14H2,1-5H3,(H,22,24). The molecule has 0 fully saturated rings. The van der Waals surface area contributed by atoms with Crippen molar-refractivity contribution in [1.82, 2.24) is 10.2 Å². The number of rotatable bonds is 8. The second-order valence-electron chi connectivity index (χ2n) is 6.58. The second-order valence-corrected chi connectivity index (χ2v) is 6.58. The molecular formula is C21H28N2O3. The van der Waals surface area contributed by atoms with Gasteiger partial charge in [0.25, 0.3) is 5.91 Å². The van der Waals surface area contributed by atoms with E-state index in [2.05, 4.69) is 10.2 Å². The highest BCUT2D eigenvalue weighted by molar-refractivity contribution is 5.77. The topological polar surface area (TPSA) is 50.8 Å². The molecule has 0 aliphatic carbocycles. The van der Waals surface area contributed by atoms with E-state index in [-0.39, 0.29) is 18.6 Å². The average molecular weight is 356 g/mol. The number of likely N-dealkylation sites (N-methyl/N-ethyl adjacent to an activating group) is 1. The molecular weight excluding hydrogens is 328 g/mol. The molecule has 0 bridgehead atoms. The Morgan fingerprint density at radius 2 is 1.85 bits per heavy atom. The summed E-state index contributed by atoms with van der Waals surface area (Å²) in [6.07, 6.45) is 0. The number of para-hydroxylation sites is 1.